The highest BCUT2D eigenvalue weighted by Gasteiger charge is 2.47. The molecule has 4 nitrogen and oxygen atoms in total. The zero-order valence-corrected chi connectivity index (χ0v) is 5.99. The van der Waals surface area contributed by atoms with Gasteiger partial charge in [0.05, 0.1) is 0 Å². The Bertz CT molecular complexity index is 226. The molecule has 2 atom stereocenters. The molecule has 2 bridgehead atoms. The number of hydrogen-bond acceptors (Lipinski definition) is 2. The van der Waals surface area contributed by atoms with Gasteiger partial charge >= 0.3 is 6.09 Å². The molecular weight excluding hydrogens is 146 g/mol. The summed E-state index contributed by atoms with van der Waals surface area (Å²) in [6.45, 7) is 0. The van der Waals surface area contributed by atoms with Crippen LogP contribution in [-0.4, -0.2) is 28.0 Å². The van der Waals surface area contributed by atoms with Gasteiger partial charge in [0.25, 0.3) is 0 Å². The fourth-order valence-corrected chi connectivity index (χ4v) is 2.04. The molecule has 1 saturated heterocycles. The highest BCUT2D eigenvalue weighted by molar-refractivity contribution is 5.95. The smallest absolute Gasteiger partial charge is 0.414 e. The quantitative estimate of drug-likeness (QED) is 0.559. The third-order valence-corrected chi connectivity index (χ3v) is 2.56. The highest BCUT2D eigenvalue weighted by Crippen LogP contribution is 2.38. The second-order valence-electron chi connectivity index (χ2n) is 3.15. The summed E-state index contributed by atoms with van der Waals surface area (Å²) in [6, 6.07) is -0.00926. The summed E-state index contributed by atoms with van der Waals surface area (Å²) in [5.74, 6) is -0.176. The Kier molecular flexibility index (Phi) is 1.19. The molecule has 1 heterocycles. The maximum absolute atomic E-state index is 11.2. The van der Waals surface area contributed by atoms with E-state index in [1.807, 2.05) is 0 Å². The minimum Gasteiger partial charge on any atom is -0.465 e. The zero-order chi connectivity index (χ0) is 8.01. The van der Waals surface area contributed by atoms with Crippen LogP contribution >= 0.6 is 0 Å². The van der Waals surface area contributed by atoms with E-state index in [1.54, 1.807) is 0 Å². The van der Waals surface area contributed by atoms with E-state index in [9.17, 15) is 9.59 Å². The number of carboxylic acid groups (broad SMARTS) is 1. The minimum absolute atomic E-state index is 0.00926. The third-order valence-electron chi connectivity index (χ3n) is 2.56. The molecule has 11 heavy (non-hydrogen) atoms. The molecule has 60 valence electrons. The summed E-state index contributed by atoms with van der Waals surface area (Å²) in [5.41, 5.74) is 0. The van der Waals surface area contributed by atoms with E-state index in [2.05, 4.69) is 0 Å². The van der Waals surface area contributed by atoms with Gasteiger partial charge in [-0.15, -0.1) is 0 Å². The number of carbonyl (C=O) groups excluding carboxylic acids is 1. The van der Waals surface area contributed by atoms with Gasteiger partial charge in [0.1, 0.15) is 0 Å². The average Bonchev–Trinajstić information content (AvgIpc) is 2.44. The van der Waals surface area contributed by atoms with Gasteiger partial charge in [-0.2, -0.15) is 0 Å². The number of nitrogens with zero attached hydrogens (tertiary/aromatic N) is 1. The van der Waals surface area contributed by atoms with Crippen LogP contribution in [0.2, 0.25) is 0 Å². The molecule has 2 amide bonds. The van der Waals surface area contributed by atoms with Crippen molar-refractivity contribution in [2.75, 3.05) is 0 Å². The first-order valence-electron chi connectivity index (χ1n) is 3.76. The van der Waals surface area contributed by atoms with E-state index in [1.165, 1.54) is 0 Å². The maximum atomic E-state index is 11.2. The second kappa shape index (κ2) is 1.96. The van der Waals surface area contributed by atoms with E-state index >= 15 is 0 Å². The van der Waals surface area contributed by atoms with E-state index in [-0.39, 0.29) is 17.9 Å². The number of rotatable bonds is 0. The summed E-state index contributed by atoms with van der Waals surface area (Å²) < 4.78 is 0. The van der Waals surface area contributed by atoms with Crippen molar-refractivity contribution < 1.29 is 14.7 Å². The Hall–Kier alpha value is -1.06. The van der Waals surface area contributed by atoms with Crippen molar-refractivity contribution in [2.45, 2.75) is 25.3 Å². The summed E-state index contributed by atoms with van der Waals surface area (Å²) in [7, 11) is 0. The number of piperidine rings is 1. The van der Waals surface area contributed by atoms with Gasteiger partial charge in [-0.05, 0) is 19.3 Å². The SMILES string of the molecule is O=C(O)N1C(=O)[C@H]2CC[C@@H]1C2. The number of amides is 2. The Morgan fingerprint density at radius 1 is 1.55 bits per heavy atom. The lowest BCUT2D eigenvalue weighted by molar-refractivity contribution is -0.131. The number of fused-ring (bicyclic) bond motifs is 2. The van der Waals surface area contributed by atoms with Crippen LogP contribution in [0.25, 0.3) is 0 Å². The summed E-state index contributed by atoms with van der Waals surface area (Å²) >= 11 is 0. The first-order valence-corrected chi connectivity index (χ1v) is 3.76. The average molecular weight is 155 g/mol. The van der Waals surface area contributed by atoms with Crippen LogP contribution in [0.1, 0.15) is 19.3 Å². The van der Waals surface area contributed by atoms with Crippen LogP contribution in [0.4, 0.5) is 4.79 Å². The molecule has 1 aliphatic carbocycles. The van der Waals surface area contributed by atoms with Crippen LogP contribution < -0.4 is 0 Å². The van der Waals surface area contributed by atoms with Crippen LogP contribution in [0.15, 0.2) is 0 Å². The predicted molar refractivity (Wildman–Crippen MR) is 36.0 cm³/mol. The van der Waals surface area contributed by atoms with Crippen LogP contribution in [0, 0.1) is 5.92 Å². The van der Waals surface area contributed by atoms with Crippen molar-refractivity contribution in [3.63, 3.8) is 0 Å². The molecule has 0 aromatic heterocycles. The van der Waals surface area contributed by atoms with Crippen molar-refractivity contribution in [3.8, 4) is 0 Å². The van der Waals surface area contributed by atoms with Crippen molar-refractivity contribution in [1.29, 1.82) is 0 Å². The first kappa shape index (κ1) is 6.64. The summed E-state index contributed by atoms with van der Waals surface area (Å²) in [6.07, 6.45) is 1.42. The molecular formula is C7H9NO3. The summed E-state index contributed by atoms with van der Waals surface area (Å²) in [4.78, 5) is 22.7. The zero-order valence-electron chi connectivity index (χ0n) is 5.99. The lowest BCUT2D eigenvalue weighted by Crippen LogP contribution is -2.40. The van der Waals surface area contributed by atoms with Gasteiger partial charge in [-0.25, -0.2) is 9.69 Å². The van der Waals surface area contributed by atoms with Crippen molar-refractivity contribution in [3.05, 3.63) is 0 Å². The standard InChI is InChI=1S/C7H9NO3/c9-6-4-1-2-5(3-4)8(6)7(10)11/h4-5H,1-3H2,(H,10,11)/t4-,5+/m0/s1. The first-order chi connectivity index (χ1) is 5.20. The van der Waals surface area contributed by atoms with Crippen molar-refractivity contribution in [2.24, 2.45) is 5.92 Å². The highest BCUT2D eigenvalue weighted by atomic mass is 16.4. The normalized spacial score (nSPS) is 34.9. The Morgan fingerprint density at radius 3 is 2.64 bits per heavy atom. The molecule has 1 N–H and O–H groups in total. The van der Waals surface area contributed by atoms with E-state index < -0.39 is 6.09 Å². The lowest BCUT2D eigenvalue weighted by Gasteiger charge is -2.21. The third kappa shape index (κ3) is 0.751. The fourth-order valence-electron chi connectivity index (χ4n) is 2.04. The topological polar surface area (TPSA) is 57.6 Å². The maximum Gasteiger partial charge on any atom is 0.414 e. The van der Waals surface area contributed by atoms with E-state index in [4.69, 9.17) is 5.11 Å². The number of carbonyl (C=O) groups is 2. The molecule has 4 heteroatoms. The molecule has 0 radical (unpaired) electrons. The number of imide groups is 1. The molecule has 2 rings (SSSR count). The van der Waals surface area contributed by atoms with Gasteiger partial charge in [-0.3, -0.25) is 4.79 Å². The van der Waals surface area contributed by atoms with E-state index in [0.29, 0.717) is 0 Å². The molecule has 0 unspecified atom stereocenters. The molecule has 0 aromatic rings. The van der Waals surface area contributed by atoms with Crippen molar-refractivity contribution in [1.82, 2.24) is 4.90 Å². The van der Waals surface area contributed by atoms with Gasteiger partial charge in [0.15, 0.2) is 0 Å². The Balaban J connectivity index is 2.24. The largest absolute Gasteiger partial charge is 0.465 e. The minimum atomic E-state index is -1.08. The Labute approximate surface area is 63.8 Å². The summed E-state index contributed by atoms with van der Waals surface area (Å²) in [5, 5.41) is 8.61. The molecule has 2 aliphatic rings. The molecule has 2 fully saturated rings. The fraction of sp³-hybridized carbons (Fsp3) is 0.714. The van der Waals surface area contributed by atoms with Gasteiger partial charge in [-0.1, -0.05) is 0 Å². The lowest BCUT2D eigenvalue weighted by atomic mass is 10.1. The van der Waals surface area contributed by atoms with Gasteiger partial charge in [0.2, 0.25) is 5.91 Å². The number of likely N-dealkylation sites (tertiary alicyclic amines) is 1. The molecule has 1 saturated carbocycles. The van der Waals surface area contributed by atoms with Crippen LogP contribution in [0.5, 0.6) is 0 Å². The molecule has 0 spiro atoms. The monoisotopic (exact) mass is 155 g/mol. The van der Waals surface area contributed by atoms with Crippen LogP contribution in [0.3, 0.4) is 0 Å². The van der Waals surface area contributed by atoms with Gasteiger partial charge in [0, 0.05) is 12.0 Å². The predicted octanol–water partition coefficient (Wildman–Crippen LogP) is 0.675. The van der Waals surface area contributed by atoms with Crippen LogP contribution in [-0.2, 0) is 4.79 Å². The number of hydrogen-bond donors (Lipinski definition) is 1. The molecule has 0 aromatic carbocycles. The second-order valence-corrected chi connectivity index (χ2v) is 3.15. The molecule has 1 aliphatic heterocycles. The van der Waals surface area contributed by atoms with Crippen molar-refractivity contribution >= 4 is 12.0 Å². The van der Waals surface area contributed by atoms with E-state index in [0.717, 1.165) is 24.2 Å². The van der Waals surface area contributed by atoms with Gasteiger partial charge < -0.3 is 5.11 Å². The Morgan fingerprint density at radius 2 is 2.27 bits per heavy atom.